The van der Waals surface area contributed by atoms with E-state index in [4.69, 9.17) is 0 Å². The van der Waals surface area contributed by atoms with Crippen molar-refractivity contribution in [2.24, 2.45) is 22.7 Å². The summed E-state index contributed by atoms with van der Waals surface area (Å²) in [4.78, 5) is 2.74. The molecule has 21 heavy (non-hydrogen) atoms. The first-order chi connectivity index (χ1) is 9.72. The van der Waals surface area contributed by atoms with Gasteiger partial charge in [0.15, 0.2) is 0 Å². The molecular formula is C19H40N2. The third-order valence-corrected chi connectivity index (χ3v) is 5.61. The van der Waals surface area contributed by atoms with Gasteiger partial charge in [-0.05, 0) is 55.0 Å². The van der Waals surface area contributed by atoms with Gasteiger partial charge in [0.1, 0.15) is 0 Å². The molecule has 2 nitrogen and oxygen atoms in total. The third kappa shape index (κ3) is 5.90. The van der Waals surface area contributed by atoms with Gasteiger partial charge in [-0.1, -0.05) is 48.5 Å². The SMILES string of the molecule is CCC(CC)(CNCC(C)C)CN1CCC(C(C)(C)C)C1. The monoisotopic (exact) mass is 296 g/mol. The van der Waals surface area contributed by atoms with Crippen LogP contribution in [0.15, 0.2) is 0 Å². The van der Waals surface area contributed by atoms with Crippen LogP contribution < -0.4 is 5.32 Å². The van der Waals surface area contributed by atoms with Gasteiger partial charge < -0.3 is 10.2 Å². The molecule has 0 amide bonds. The Kier molecular flexibility index (Phi) is 7.19. The summed E-state index contributed by atoms with van der Waals surface area (Å²) in [5.74, 6) is 1.61. The van der Waals surface area contributed by atoms with Gasteiger partial charge in [-0.2, -0.15) is 0 Å². The minimum Gasteiger partial charge on any atom is -0.316 e. The Balaban J connectivity index is 2.54. The van der Waals surface area contributed by atoms with Crippen LogP contribution in [0, 0.1) is 22.7 Å². The highest BCUT2D eigenvalue weighted by Gasteiger charge is 2.35. The molecule has 0 aromatic rings. The molecule has 1 saturated heterocycles. The zero-order valence-corrected chi connectivity index (χ0v) is 15.8. The van der Waals surface area contributed by atoms with E-state index >= 15 is 0 Å². The van der Waals surface area contributed by atoms with Crippen LogP contribution in [-0.2, 0) is 0 Å². The first-order valence-corrected chi connectivity index (χ1v) is 9.15. The van der Waals surface area contributed by atoms with Crippen molar-refractivity contribution >= 4 is 0 Å². The molecule has 0 saturated carbocycles. The van der Waals surface area contributed by atoms with E-state index in [2.05, 4.69) is 58.7 Å². The number of nitrogens with zero attached hydrogens (tertiary/aromatic N) is 1. The molecule has 1 atom stereocenters. The van der Waals surface area contributed by atoms with Gasteiger partial charge in [-0.3, -0.25) is 0 Å². The van der Waals surface area contributed by atoms with Crippen LogP contribution >= 0.6 is 0 Å². The van der Waals surface area contributed by atoms with Crippen LogP contribution in [0.2, 0.25) is 0 Å². The fourth-order valence-electron chi connectivity index (χ4n) is 3.56. The van der Waals surface area contributed by atoms with Crippen molar-refractivity contribution in [1.29, 1.82) is 0 Å². The summed E-state index contributed by atoms with van der Waals surface area (Å²) < 4.78 is 0. The Labute approximate surface area is 134 Å². The summed E-state index contributed by atoms with van der Waals surface area (Å²) in [6.45, 7) is 22.7. The molecule has 1 aliphatic rings. The van der Waals surface area contributed by atoms with E-state index in [1.807, 2.05) is 0 Å². The van der Waals surface area contributed by atoms with Gasteiger partial charge in [0, 0.05) is 19.6 Å². The molecule has 2 heteroatoms. The van der Waals surface area contributed by atoms with Crippen LogP contribution in [0.4, 0.5) is 0 Å². The normalized spacial score (nSPS) is 21.4. The second-order valence-corrected chi connectivity index (χ2v) is 8.82. The zero-order valence-electron chi connectivity index (χ0n) is 15.8. The van der Waals surface area contributed by atoms with Crippen molar-refractivity contribution < 1.29 is 0 Å². The van der Waals surface area contributed by atoms with Crippen LogP contribution in [0.25, 0.3) is 0 Å². The van der Waals surface area contributed by atoms with Gasteiger partial charge in [0.05, 0.1) is 0 Å². The van der Waals surface area contributed by atoms with Gasteiger partial charge >= 0.3 is 0 Å². The Morgan fingerprint density at radius 2 is 1.76 bits per heavy atom. The molecule has 1 aliphatic heterocycles. The molecule has 0 spiro atoms. The Morgan fingerprint density at radius 1 is 1.14 bits per heavy atom. The van der Waals surface area contributed by atoms with Crippen molar-refractivity contribution in [2.45, 2.75) is 67.7 Å². The predicted octanol–water partition coefficient (Wildman–Crippen LogP) is 4.41. The summed E-state index contributed by atoms with van der Waals surface area (Å²) >= 11 is 0. The maximum atomic E-state index is 3.72. The molecule has 1 unspecified atom stereocenters. The van der Waals surface area contributed by atoms with Gasteiger partial charge in [-0.15, -0.1) is 0 Å². The molecule has 0 aromatic carbocycles. The maximum absolute atomic E-state index is 3.72. The first-order valence-electron chi connectivity index (χ1n) is 9.15. The molecule has 0 aromatic heterocycles. The minimum absolute atomic E-state index is 0.460. The molecule has 1 heterocycles. The van der Waals surface area contributed by atoms with Crippen molar-refractivity contribution in [3.63, 3.8) is 0 Å². The zero-order chi connectivity index (χ0) is 16.1. The molecule has 0 aliphatic carbocycles. The van der Waals surface area contributed by atoms with Gasteiger partial charge in [-0.25, -0.2) is 0 Å². The lowest BCUT2D eigenvalue weighted by Crippen LogP contribution is -2.44. The Bertz CT molecular complexity index is 286. The van der Waals surface area contributed by atoms with E-state index in [1.165, 1.54) is 45.4 Å². The number of hydrogen-bond donors (Lipinski definition) is 1. The Hall–Kier alpha value is -0.0800. The second kappa shape index (κ2) is 7.97. The molecule has 0 bridgehead atoms. The molecule has 1 fully saturated rings. The second-order valence-electron chi connectivity index (χ2n) is 8.82. The maximum Gasteiger partial charge on any atom is 0.00501 e. The number of nitrogens with one attached hydrogen (secondary N) is 1. The average molecular weight is 297 g/mol. The lowest BCUT2D eigenvalue weighted by atomic mass is 9.80. The molecular weight excluding hydrogens is 256 g/mol. The van der Waals surface area contributed by atoms with E-state index in [9.17, 15) is 0 Å². The number of rotatable bonds is 8. The molecule has 0 radical (unpaired) electrons. The van der Waals surface area contributed by atoms with Crippen molar-refractivity contribution in [3.05, 3.63) is 0 Å². The average Bonchev–Trinajstić information content (AvgIpc) is 2.85. The van der Waals surface area contributed by atoms with E-state index in [-0.39, 0.29) is 0 Å². The summed E-state index contributed by atoms with van der Waals surface area (Å²) in [7, 11) is 0. The van der Waals surface area contributed by atoms with Crippen LogP contribution in [0.5, 0.6) is 0 Å². The molecule has 1 rings (SSSR count). The lowest BCUT2D eigenvalue weighted by molar-refractivity contribution is 0.140. The third-order valence-electron chi connectivity index (χ3n) is 5.61. The fourth-order valence-corrected chi connectivity index (χ4v) is 3.56. The molecule has 1 N–H and O–H groups in total. The predicted molar refractivity (Wildman–Crippen MR) is 94.7 cm³/mol. The van der Waals surface area contributed by atoms with Crippen molar-refractivity contribution in [2.75, 3.05) is 32.7 Å². The summed E-state index contributed by atoms with van der Waals surface area (Å²) in [5, 5.41) is 3.72. The van der Waals surface area contributed by atoms with Gasteiger partial charge in [0.2, 0.25) is 0 Å². The largest absolute Gasteiger partial charge is 0.316 e. The van der Waals surface area contributed by atoms with Crippen LogP contribution in [0.1, 0.15) is 67.7 Å². The van der Waals surface area contributed by atoms with E-state index < -0.39 is 0 Å². The fraction of sp³-hybridized carbons (Fsp3) is 1.00. The van der Waals surface area contributed by atoms with Crippen molar-refractivity contribution in [3.8, 4) is 0 Å². The van der Waals surface area contributed by atoms with Crippen molar-refractivity contribution in [1.82, 2.24) is 10.2 Å². The van der Waals surface area contributed by atoms with E-state index in [0.717, 1.165) is 18.4 Å². The highest BCUT2D eigenvalue weighted by atomic mass is 15.2. The summed E-state index contributed by atoms with van der Waals surface area (Å²) in [6.07, 6.45) is 3.95. The molecule has 126 valence electrons. The van der Waals surface area contributed by atoms with Gasteiger partial charge in [0.25, 0.3) is 0 Å². The first kappa shape index (κ1) is 19.0. The highest BCUT2D eigenvalue weighted by molar-refractivity contribution is 4.89. The smallest absolute Gasteiger partial charge is 0.00501 e. The number of hydrogen-bond acceptors (Lipinski definition) is 2. The standard InChI is InChI=1S/C19H40N2/c1-8-19(9-2,14-20-12-16(3)4)15-21-11-10-17(13-21)18(5,6)7/h16-17,20H,8-15H2,1-7H3. The van der Waals surface area contributed by atoms with E-state index in [0.29, 0.717) is 10.8 Å². The lowest BCUT2D eigenvalue weighted by Gasteiger charge is -2.37. The van der Waals surface area contributed by atoms with Crippen LogP contribution in [0.3, 0.4) is 0 Å². The summed E-state index contributed by atoms with van der Waals surface area (Å²) in [6, 6.07) is 0. The highest BCUT2D eigenvalue weighted by Crippen LogP contribution is 2.36. The summed E-state index contributed by atoms with van der Waals surface area (Å²) in [5.41, 5.74) is 0.924. The van der Waals surface area contributed by atoms with E-state index in [1.54, 1.807) is 0 Å². The topological polar surface area (TPSA) is 15.3 Å². The van der Waals surface area contributed by atoms with Crippen LogP contribution in [-0.4, -0.2) is 37.6 Å². The minimum atomic E-state index is 0.460. The Morgan fingerprint density at radius 3 is 2.19 bits per heavy atom. The quantitative estimate of drug-likeness (QED) is 0.714. The number of likely N-dealkylation sites (tertiary alicyclic amines) is 1.